The number of carboxylic acid groups (broad SMARTS) is 1. The Morgan fingerprint density at radius 1 is 1.44 bits per heavy atom. The third-order valence-corrected chi connectivity index (χ3v) is 3.87. The van der Waals surface area contributed by atoms with Crippen LogP contribution in [0.15, 0.2) is 30.3 Å². The van der Waals surface area contributed by atoms with Gasteiger partial charge in [-0.25, -0.2) is 0 Å². The van der Waals surface area contributed by atoms with E-state index in [9.17, 15) is 4.79 Å². The van der Waals surface area contributed by atoms with Gasteiger partial charge in [0.2, 0.25) is 0 Å². The van der Waals surface area contributed by atoms with E-state index in [-0.39, 0.29) is 6.04 Å². The molecule has 0 saturated carbocycles. The molecule has 0 spiro atoms. The van der Waals surface area contributed by atoms with Gasteiger partial charge in [-0.1, -0.05) is 37.3 Å². The molecular weight excluding hydrogens is 226 g/mol. The summed E-state index contributed by atoms with van der Waals surface area (Å²) in [6.07, 6.45) is 2.83. The van der Waals surface area contributed by atoms with Crippen LogP contribution in [0.3, 0.4) is 0 Å². The zero-order chi connectivity index (χ0) is 13.0. The van der Waals surface area contributed by atoms with Crippen LogP contribution in [0.5, 0.6) is 0 Å². The maximum atomic E-state index is 11.1. The Labute approximate surface area is 108 Å². The fraction of sp³-hybridized carbons (Fsp3) is 0.533. The lowest BCUT2D eigenvalue weighted by atomic mass is 9.97. The second kappa shape index (κ2) is 6.01. The first-order chi connectivity index (χ1) is 8.68. The molecule has 1 aliphatic rings. The lowest BCUT2D eigenvalue weighted by Crippen LogP contribution is -2.36. The highest BCUT2D eigenvalue weighted by Crippen LogP contribution is 2.22. The van der Waals surface area contributed by atoms with Crippen molar-refractivity contribution in [2.45, 2.75) is 38.1 Å². The monoisotopic (exact) mass is 247 g/mol. The van der Waals surface area contributed by atoms with E-state index in [0.717, 1.165) is 32.4 Å². The highest BCUT2D eigenvalue weighted by atomic mass is 16.4. The lowest BCUT2D eigenvalue weighted by molar-refractivity contribution is -0.142. The first-order valence-electron chi connectivity index (χ1n) is 6.70. The van der Waals surface area contributed by atoms with Crippen LogP contribution in [0.4, 0.5) is 0 Å². The van der Waals surface area contributed by atoms with Crippen molar-refractivity contribution >= 4 is 5.97 Å². The maximum absolute atomic E-state index is 11.1. The van der Waals surface area contributed by atoms with Gasteiger partial charge in [0.05, 0.1) is 0 Å². The zero-order valence-electron chi connectivity index (χ0n) is 10.9. The summed E-state index contributed by atoms with van der Waals surface area (Å²) in [5.74, 6) is -0.180. The standard InChI is InChI=1S/C15H21NO2/c1-12(13-6-3-2-4-7-13)9-11-16-10-5-8-14(16)15(17)18/h2-4,6-7,12,14H,5,8-11H2,1H3,(H,17,18)/t12?,14-/m0/s1. The average Bonchev–Trinajstić information content (AvgIpc) is 2.85. The van der Waals surface area contributed by atoms with Crippen LogP contribution in [0.1, 0.15) is 37.7 Å². The van der Waals surface area contributed by atoms with Gasteiger partial charge in [0.1, 0.15) is 6.04 Å². The van der Waals surface area contributed by atoms with Gasteiger partial charge >= 0.3 is 5.97 Å². The van der Waals surface area contributed by atoms with Gasteiger partial charge in [-0.15, -0.1) is 0 Å². The first kappa shape index (κ1) is 13.1. The maximum Gasteiger partial charge on any atom is 0.320 e. The highest BCUT2D eigenvalue weighted by Gasteiger charge is 2.30. The van der Waals surface area contributed by atoms with E-state index < -0.39 is 5.97 Å². The molecule has 1 aromatic rings. The SMILES string of the molecule is CC(CCN1CCC[C@H]1C(=O)O)c1ccccc1. The molecule has 0 aliphatic carbocycles. The number of carboxylic acids is 1. The molecule has 1 heterocycles. The van der Waals surface area contributed by atoms with E-state index in [1.54, 1.807) is 0 Å². The molecule has 98 valence electrons. The molecule has 1 fully saturated rings. The van der Waals surface area contributed by atoms with E-state index >= 15 is 0 Å². The van der Waals surface area contributed by atoms with Crippen molar-refractivity contribution < 1.29 is 9.90 Å². The number of aliphatic carboxylic acids is 1. The topological polar surface area (TPSA) is 40.5 Å². The smallest absolute Gasteiger partial charge is 0.320 e. The number of rotatable bonds is 5. The van der Waals surface area contributed by atoms with Crippen molar-refractivity contribution in [1.29, 1.82) is 0 Å². The summed E-state index contributed by atoms with van der Waals surface area (Å²) < 4.78 is 0. The van der Waals surface area contributed by atoms with Crippen LogP contribution >= 0.6 is 0 Å². The van der Waals surface area contributed by atoms with Crippen LogP contribution in [-0.4, -0.2) is 35.1 Å². The number of benzene rings is 1. The van der Waals surface area contributed by atoms with Gasteiger partial charge < -0.3 is 5.11 Å². The summed E-state index contributed by atoms with van der Waals surface area (Å²) >= 11 is 0. The summed E-state index contributed by atoms with van der Waals surface area (Å²) in [6.45, 7) is 4.02. The summed E-state index contributed by atoms with van der Waals surface area (Å²) in [5, 5.41) is 9.12. The minimum Gasteiger partial charge on any atom is -0.480 e. The number of hydrogen-bond donors (Lipinski definition) is 1. The molecule has 1 N–H and O–H groups in total. The third kappa shape index (κ3) is 3.10. The number of likely N-dealkylation sites (tertiary alicyclic amines) is 1. The van der Waals surface area contributed by atoms with Crippen molar-refractivity contribution in [2.24, 2.45) is 0 Å². The van der Waals surface area contributed by atoms with Crippen molar-refractivity contribution in [1.82, 2.24) is 4.90 Å². The quantitative estimate of drug-likeness (QED) is 0.869. The lowest BCUT2D eigenvalue weighted by Gasteiger charge is -2.23. The first-order valence-corrected chi connectivity index (χ1v) is 6.70. The van der Waals surface area contributed by atoms with E-state index in [2.05, 4.69) is 36.1 Å². The predicted molar refractivity (Wildman–Crippen MR) is 71.7 cm³/mol. The van der Waals surface area contributed by atoms with Crippen molar-refractivity contribution in [3.63, 3.8) is 0 Å². The van der Waals surface area contributed by atoms with Gasteiger partial charge in [0.25, 0.3) is 0 Å². The molecule has 0 aromatic heterocycles. The molecule has 0 amide bonds. The molecule has 18 heavy (non-hydrogen) atoms. The predicted octanol–water partition coefficient (Wildman–Crippen LogP) is 2.73. The van der Waals surface area contributed by atoms with Gasteiger partial charge in [0.15, 0.2) is 0 Å². The number of nitrogens with zero attached hydrogens (tertiary/aromatic N) is 1. The molecular formula is C15H21NO2. The molecule has 2 rings (SSSR count). The molecule has 3 heteroatoms. The fourth-order valence-corrected chi connectivity index (χ4v) is 2.68. The third-order valence-electron chi connectivity index (χ3n) is 3.87. The second-order valence-corrected chi connectivity index (χ2v) is 5.13. The molecule has 1 aliphatic heterocycles. The van der Waals surface area contributed by atoms with Crippen LogP contribution in [0.25, 0.3) is 0 Å². The Balaban J connectivity index is 1.86. The Morgan fingerprint density at radius 2 is 2.17 bits per heavy atom. The molecule has 1 saturated heterocycles. The van der Waals surface area contributed by atoms with Crippen LogP contribution < -0.4 is 0 Å². The van der Waals surface area contributed by atoms with Crippen LogP contribution in [0.2, 0.25) is 0 Å². The van der Waals surface area contributed by atoms with E-state index in [1.807, 2.05) is 6.07 Å². The molecule has 0 radical (unpaired) electrons. The summed E-state index contributed by atoms with van der Waals surface area (Å²) in [4.78, 5) is 13.2. The summed E-state index contributed by atoms with van der Waals surface area (Å²) in [5.41, 5.74) is 1.34. The molecule has 2 atom stereocenters. The van der Waals surface area contributed by atoms with Crippen LogP contribution in [0, 0.1) is 0 Å². The normalized spacial score (nSPS) is 21.9. The number of hydrogen-bond acceptors (Lipinski definition) is 2. The van der Waals surface area contributed by atoms with E-state index in [4.69, 9.17) is 5.11 Å². The average molecular weight is 247 g/mol. The Kier molecular flexibility index (Phi) is 4.37. The largest absolute Gasteiger partial charge is 0.480 e. The van der Waals surface area contributed by atoms with E-state index in [1.165, 1.54) is 5.56 Å². The summed E-state index contributed by atoms with van der Waals surface area (Å²) in [6, 6.07) is 10.2. The second-order valence-electron chi connectivity index (χ2n) is 5.13. The van der Waals surface area contributed by atoms with Crippen molar-refractivity contribution in [3.05, 3.63) is 35.9 Å². The Morgan fingerprint density at radius 3 is 2.83 bits per heavy atom. The Bertz CT molecular complexity index is 391. The van der Waals surface area contributed by atoms with Crippen molar-refractivity contribution in [2.75, 3.05) is 13.1 Å². The molecule has 1 unspecified atom stereocenters. The molecule has 1 aromatic carbocycles. The van der Waals surface area contributed by atoms with Crippen molar-refractivity contribution in [3.8, 4) is 0 Å². The minimum atomic E-state index is -0.667. The Hall–Kier alpha value is -1.35. The highest BCUT2D eigenvalue weighted by molar-refractivity contribution is 5.73. The minimum absolute atomic E-state index is 0.257. The van der Waals surface area contributed by atoms with Crippen LogP contribution in [-0.2, 0) is 4.79 Å². The number of carbonyl (C=O) groups is 1. The van der Waals surface area contributed by atoms with Gasteiger partial charge in [-0.2, -0.15) is 0 Å². The van der Waals surface area contributed by atoms with Gasteiger partial charge in [-0.3, -0.25) is 9.69 Å². The summed E-state index contributed by atoms with van der Waals surface area (Å²) in [7, 11) is 0. The van der Waals surface area contributed by atoms with Gasteiger partial charge in [-0.05, 0) is 43.8 Å². The fourth-order valence-electron chi connectivity index (χ4n) is 2.68. The zero-order valence-corrected chi connectivity index (χ0v) is 10.9. The molecule has 0 bridgehead atoms. The molecule has 3 nitrogen and oxygen atoms in total. The van der Waals surface area contributed by atoms with Gasteiger partial charge in [0, 0.05) is 0 Å². The van der Waals surface area contributed by atoms with E-state index in [0.29, 0.717) is 5.92 Å².